The Morgan fingerprint density at radius 2 is 1.89 bits per heavy atom. The van der Waals surface area contributed by atoms with Gasteiger partial charge in [-0.2, -0.15) is 0 Å². The molecule has 234 valence electrons. The molecule has 5 rings (SSSR count). The fourth-order valence-electron chi connectivity index (χ4n) is 5.41. The number of nitrogens with one attached hydrogen (secondary N) is 1. The van der Waals surface area contributed by atoms with Crippen LogP contribution < -0.4 is 9.64 Å². The highest BCUT2D eigenvalue weighted by Crippen LogP contribution is 2.42. The van der Waals surface area contributed by atoms with Gasteiger partial charge in [0.25, 0.3) is 5.91 Å². The zero-order valence-corrected chi connectivity index (χ0v) is 23.6. The quantitative estimate of drug-likeness (QED) is 0.152. The van der Waals surface area contributed by atoms with Crippen LogP contribution in [-0.4, -0.2) is 101 Å². The Morgan fingerprint density at radius 1 is 1.11 bits per heavy atom. The highest BCUT2D eigenvalue weighted by Gasteiger charge is 2.45. The van der Waals surface area contributed by atoms with E-state index in [-0.39, 0.29) is 23.6 Å². The molecule has 1 amide bonds. The smallest absolute Gasteiger partial charge is 0.327 e. The number of carboxylic acids is 1. The first-order chi connectivity index (χ1) is 21.0. The van der Waals surface area contributed by atoms with E-state index in [1.807, 2.05) is 6.92 Å². The largest absolute Gasteiger partial charge is 0.508 e. The summed E-state index contributed by atoms with van der Waals surface area (Å²) in [6, 6.07) is 5.96. The van der Waals surface area contributed by atoms with Gasteiger partial charge < -0.3 is 50.2 Å². The van der Waals surface area contributed by atoms with Gasteiger partial charge in [-0.3, -0.25) is 9.69 Å². The van der Waals surface area contributed by atoms with Gasteiger partial charge in [-0.1, -0.05) is 13.0 Å². The summed E-state index contributed by atoms with van der Waals surface area (Å²) in [5.74, 6) is -2.64. The molecule has 3 heterocycles. The molecule has 0 spiro atoms. The van der Waals surface area contributed by atoms with E-state index in [9.17, 15) is 45.3 Å². The molecular formula is C30H33N3O11. The number of phenolic OH excluding ortho intramolecular Hbond substituents is 2. The summed E-state index contributed by atoms with van der Waals surface area (Å²) in [6.07, 6.45) is -2.73. The molecule has 3 aromatic rings. The van der Waals surface area contributed by atoms with Crippen LogP contribution in [0.1, 0.15) is 35.0 Å². The molecule has 14 heteroatoms. The molecule has 44 heavy (non-hydrogen) atoms. The minimum absolute atomic E-state index is 0.0660. The lowest BCUT2D eigenvalue weighted by Crippen LogP contribution is -2.60. The second kappa shape index (κ2) is 12.6. The maximum absolute atomic E-state index is 13.4. The number of benzene rings is 2. The Hall–Kier alpha value is -4.47. The third-order valence-corrected chi connectivity index (χ3v) is 7.79. The van der Waals surface area contributed by atoms with Gasteiger partial charge in [-0.25, -0.2) is 9.78 Å². The van der Waals surface area contributed by atoms with Crippen molar-refractivity contribution in [1.29, 1.82) is 0 Å². The summed E-state index contributed by atoms with van der Waals surface area (Å²) in [4.78, 5) is 33.9. The lowest BCUT2D eigenvalue weighted by Gasteiger charge is -2.39. The van der Waals surface area contributed by atoms with Crippen molar-refractivity contribution >= 4 is 23.6 Å². The van der Waals surface area contributed by atoms with Crippen LogP contribution >= 0.6 is 0 Å². The predicted molar refractivity (Wildman–Crippen MR) is 153 cm³/mol. The molecule has 14 nitrogen and oxygen atoms in total. The number of aliphatic carboxylic acids is 1. The minimum atomic E-state index is -1.76. The second-order valence-corrected chi connectivity index (χ2v) is 10.6. The van der Waals surface area contributed by atoms with Crippen LogP contribution in [0.25, 0.3) is 6.08 Å². The van der Waals surface area contributed by atoms with E-state index in [2.05, 4.69) is 9.97 Å². The lowest BCUT2D eigenvalue weighted by atomic mass is 9.99. The number of hydrogen-bond donors (Lipinski definition) is 8. The lowest BCUT2D eigenvalue weighted by molar-refractivity contribution is -0.277. The number of imidazole rings is 1. The number of aliphatic hydroxyl groups is 4. The maximum Gasteiger partial charge on any atom is 0.327 e. The van der Waals surface area contributed by atoms with Crippen molar-refractivity contribution in [1.82, 2.24) is 9.97 Å². The van der Waals surface area contributed by atoms with E-state index < -0.39 is 61.0 Å². The van der Waals surface area contributed by atoms with Crippen LogP contribution in [0.5, 0.6) is 17.2 Å². The second-order valence-electron chi connectivity index (χ2n) is 10.6. The van der Waals surface area contributed by atoms with Crippen LogP contribution in [0.15, 0.2) is 42.7 Å². The number of rotatable bonds is 9. The molecule has 1 fully saturated rings. The molecule has 6 atom stereocenters. The number of carbonyl (C=O) groups excluding carboxylic acids is 1. The topological polar surface area (TPSA) is 226 Å². The number of amides is 1. The number of H-pyrrole nitrogens is 1. The van der Waals surface area contributed by atoms with E-state index in [0.29, 0.717) is 29.5 Å². The average molecular weight is 612 g/mol. The molecule has 1 saturated heterocycles. The summed E-state index contributed by atoms with van der Waals surface area (Å²) in [7, 11) is 0. The third kappa shape index (κ3) is 5.98. The molecule has 0 radical (unpaired) electrons. The van der Waals surface area contributed by atoms with Gasteiger partial charge in [0.15, 0.2) is 11.5 Å². The first kappa shape index (κ1) is 31.0. The molecule has 0 unspecified atom stereocenters. The fraction of sp³-hybridized carbons (Fsp3) is 0.367. The van der Waals surface area contributed by atoms with Gasteiger partial charge in [-0.05, 0) is 41.8 Å². The molecule has 0 saturated carbocycles. The van der Waals surface area contributed by atoms with Crippen LogP contribution in [0.3, 0.4) is 0 Å². The monoisotopic (exact) mass is 611 g/mol. The van der Waals surface area contributed by atoms with Crippen molar-refractivity contribution in [2.24, 2.45) is 0 Å². The van der Waals surface area contributed by atoms with Crippen molar-refractivity contribution in [2.45, 2.75) is 62.9 Å². The first-order valence-corrected chi connectivity index (χ1v) is 13.9. The third-order valence-electron chi connectivity index (χ3n) is 7.79. The number of aromatic hydroxyl groups is 2. The fourth-order valence-corrected chi connectivity index (χ4v) is 5.41. The molecule has 2 aromatic carbocycles. The van der Waals surface area contributed by atoms with Crippen LogP contribution in [0, 0.1) is 0 Å². The highest BCUT2D eigenvalue weighted by atomic mass is 16.7. The average Bonchev–Trinajstić information content (AvgIpc) is 3.61. The van der Waals surface area contributed by atoms with E-state index in [1.165, 1.54) is 30.4 Å². The van der Waals surface area contributed by atoms with Gasteiger partial charge in [0.05, 0.1) is 24.3 Å². The number of carbonyl (C=O) groups is 2. The van der Waals surface area contributed by atoms with E-state index in [4.69, 9.17) is 9.47 Å². The predicted octanol–water partition coefficient (Wildman–Crippen LogP) is 0.208. The molecule has 2 aliphatic heterocycles. The van der Waals surface area contributed by atoms with Gasteiger partial charge in [-0.15, -0.1) is 0 Å². The Kier molecular flexibility index (Phi) is 8.90. The number of carboxylic acid groups (broad SMARTS) is 1. The summed E-state index contributed by atoms with van der Waals surface area (Å²) in [5, 5.41) is 70.8. The van der Waals surface area contributed by atoms with Crippen molar-refractivity contribution < 1.29 is 54.8 Å². The van der Waals surface area contributed by atoms with Crippen LogP contribution in [-0.2, 0) is 33.6 Å². The van der Waals surface area contributed by atoms with Crippen molar-refractivity contribution in [2.75, 3.05) is 11.5 Å². The first-order valence-electron chi connectivity index (χ1n) is 13.9. The number of ether oxygens (including phenoxy) is 2. The number of anilines is 1. The van der Waals surface area contributed by atoms with E-state index >= 15 is 0 Å². The Bertz CT molecular complexity index is 1570. The molecule has 8 N–H and O–H groups in total. The summed E-state index contributed by atoms with van der Waals surface area (Å²) in [5.41, 5.74) is 3.36. The van der Waals surface area contributed by atoms with Crippen LogP contribution in [0.2, 0.25) is 0 Å². The Balaban J connectivity index is 1.40. The molecule has 0 bridgehead atoms. The normalized spacial score (nSPS) is 24.9. The molecular weight excluding hydrogens is 578 g/mol. The Morgan fingerprint density at radius 3 is 2.59 bits per heavy atom. The summed E-state index contributed by atoms with van der Waals surface area (Å²) in [6.45, 7) is 1.28. The number of aliphatic hydroxyl groups excluding tert-OH is 4. The minimum Gasteiger partial charge on any atom is -0.508 e. The Labute approximate surface area is 251 Å². The number of nitrogens with zero attached hydrogens (tertiary/aromatic N) is 2. The zero-order chi connectivity index (χ0) is 31.7. The van der Waals surface area contributed by atoms with E-state index in [0.717, 1.165) is 16.3 Å². The molecule has 2 aliphatic rings. The number of hydrogen-bond acceptors (Lipinski definition) is 11. The summed E-state index contributed by atoms with van der Waals surface area (Å²) < 4.78 is 10.9. The van der Waals surface area contributed by atoms with Gasteiger partial charge in [0, 0.05) is 36.2 Å². The number of aromatic amines is 1. The molecule has 0 aliphatic carbocycles. The zero-order valence-electron chi connectivity index (χ0n) is 23.6. The maximum atomic E-state index is 13.4. The molecule has 1 aromatic heterocycles. The number of fused-ring (bicyclic) bond motifs is 1. The van der Waals surface area contributed by atoms with Gasteiger partial charge in [0.2, 0.25) is 6.29 Å². The van der Waals surface area contributed by atoms with Gasteiger partial charge >= 0.3 is 5.97 Å². The van der Waals surface area contributed by atoms with E-state index in [1.54, 1.807) is 18.5 Å². The standard InChI is InChI=1S/C30H33N3O11/c1-2-17-18(32-13-31-17)8-16-7-14(3-5-21(16)35)4-6-25(37)33-19-11-23(22(36)10-15(19)9-20(33)29(41)42)43-30-28(40)27(39)26(38)24(12-34)44-30/h3-7,10-11,13,20,24,26-28,30,34-36,38-40H,2,8-9,12H2,1H3,(H,31,32)(H,41,42)/b6-4+/t20-,24-,26-,27+,28-,30-/m1/s1. The van der Waals surface area contributed by atoms with Crippen molar-refractivity contribution in [3.05, 3.63) is 70.8 Å². The number of phenols is 2. The number of aryl methyl sites for hydroxylation is 1. The highest BCUT2D eigenvalue weighted by molar-refractivity contribution is 6.09. The summed E-state index contributed by atoms with van der Waals surface area (Å²) >= 11 is 0. The number of aromatic nitrogens is 2. The van der Waals surface area contributed by atoms with Gasteiger partial charge in [0.1, 0.15) is 36.2 Å². The van der Waals surface area contributed by atoms with Crippen molar-refractivity contribution in [3.8, 4) is 17.2 Å². The van der Waals surface area contributed by atoms with Crippen molar-refractivity contribution in [3.63, 3.8) is 0 Å². The van der Waals surface area contributed by atoms with Crippen LogP contribution in [0.4, 0.5) is 5.69 Å². The SMILES string of the molecule is CCc1nc[nH]c1Cc1cc(/C=C/C(=O)N2c3cc(O[C@@H]4O[C@H](CO)[C@@H](O)[C@H](O)[C@H]4O)c(O)cc3C[C@@H]2C(=O)O)ccc1O.